The summed E-state index contributed by atoms with van der Waals surface area (Å²) >= 11 is 0. The standard InChI is InChI=1S/C12H18O/c1-2-4-6-8-10-12-11(13-12)9-7-5-3-1/h3-6,11-12H,1-2,7-10H2/t11-,12-/m1/s1. The first-order valence-electron chi connectivity index (χ1n) is 5.42. The predicted molar refractivity (Wildman–Crippen MR) is 54.6 cm³/mol. The van der Waals surface area contributed by atoms with Crippen molar-refractivity contribution in [3.63, 3.8) is 0 Å². The van der Waals surface area contributed by atoms with Crippen LogP contribution in [0.25, 0.3) is 0 Å². The van der Waals surface area contributed by atoms with Crippen LogP contribution in [0.15, 0.2) is 24.3 Å². The maximum absolute atomic E-state index is 5.56. The van der Waals surface area contributed by atoms with Gasteiger partial charge in [-0.15, -0.1) is 0 Å². The average Bonchev–Trinajstić information content (AvgIpc) is 2.83. The van der Waals surface area contributed by atoms with Gasteiger partial charge in [0.2, 0.25) is 0 Å². The molecule has 0 radical (unpaired) electrons. The molecule has 1 aliphatic carbocycles. The van der Waals surface area contributed by atoms with Gasteiger partial charge in [-0.2, -0.15) is 0 Å². The summed E-state index contributed by atoms with van der Waals surface area (Å²) in [6, 6.07) is 0. The van der Waals surface area contributed by atoms with E-state index in [2.05, 4.69) is 24.3 Å². The fourth-order valence-electron chi connectivity index (χ4n) is 1.87. The molecule has 2 rings (SSSR count). The van der Waals surface area contributed by atoms with Crippen LogP contribution in [0.2, 0.25) is 0 Å². The van der Waals surface area contributed by atoms with Crippen molar-refractivity contribution in [2.45, 2.75) is 50.7 Å². The monoisotopic (exact) mass is 178 g/mol. The molecule has 2 atom stereocenters. The summed E-state index contributed by atoms with van der Waals surface area (Å²) in [5.74, 6) is 0. The van der Waals surface area contributed by atoms with Crippen molar-refractivity contribution < 1.29 is 4.74 Å². The summed E-state index contributed by atoms with van der Waals surface area (Å²) in [5, 5.41) is 0. The second-order valence-corrected chi connectivity index (χ2v) is 3.89. The topological polar surface area (TPSA) is 12.5 Å². The van der Waals surface area contributed by atoms with Crippen molar-refractivity contribution in [2.24, 2.45) is 0 Å². The summed E-state index contributed by atoms with van der Waals surface area (Å²) in [6.07, 6.45) is 17.6. The van der Waals surface area contributed by atoms with E-state index in [1.807, 2.05) is 0 Å². The highest BCUT2D eigenvalue weighted by atomic mass is 16.6. The number of hydrogen-bond acceptors (Lipinski definition) is 1. The van der Waals surface area contributed by atoms with Crippen molar-refractivity contribution in [3.05, 3.63) is 24.3 Å². The Morgan fingerprint density at radius 3 is 1.69 bits per heavy atom. The lowest BCUT2D eigenvalue weighted by Crippen LogP contribution is -1.93. The number of rotatable bonds is 0. The minimum Gasteiger partial charge on any atom is -0.370 e. The molecular formula is C12H18O. The maximum atomic E-state index is 5.56. The van der Waals surface area contributed by atoms with Crippen molar-refractivity contribution in [1.82, 2.24) is 0 Å². The molecular weight excluding hydrogens is 160 g/mol. The third-order valence-electron chi connectivity index (χ3n) is 2.76. The van der Waals surface area contributed by atoms with Crippen LogP contribution in [0.1, 0.15) is 38.5 Å². The third kappa shape index (κ3) is 3.00. The van der Waals surface area contributed by atoms with E-state index in [0.717, 1.165) is 0 Å². The lowest BCUT2D eigenvalue weighted by atomic mass is 10.1. The highest BCUT2D eigenvalue weighted by Gasteiger charge is 2.36. The smallest absolute Gasteiger partial charge is 0.0845 e. The number of allylic oxidation sites excluding steroid dienone is 4. The predicted octanol–water partition coefficient (Wildman–Crippen LogP) is 3.22. The zero-order chi connectivity index (χ0) is 8.93. The van der Waals surface area contributed by atoms with Crippen LogP contribution in [-0.2, 0) is 4.74 Å². The molecule has 0 bridgehead atoms. The molecule has 2 aliphatic rings. The van der Waals surface area contributed by atoms with Gasteiger partial charge in [-0.25, -0.2) is 0 Å². The van der Waals surface area contributed by atoms with E-state index in [-0.39, 0.29) is 0 Å². The summed E-state index contributed by atoms with van der Waals surface area (Å²) in [5.41, 5.74) is 0. The molecule has 0 amide bonds. The van der Waals surface area contributed by atoms with Gasteiger partial charge in [0.1, 0.15) is 0 Å². The van der Waals surface area contributed by atoms with Gasteiger partial charge in [-0.05, 0) is 38.5 Å². The first-order chi connectivity index (χ1) is 6.47. The Kier molecular flexibility index (Phi) is 3.20. The average molecular weight is 178 g/mol. The SMILES string of the molecule is C1=CCC[C@H]2O[C@@H]2CCC=CCC1. The highest BCUT2D eigenvalue weighted by molar-refractivity contribution is 4.94. The summed E-state index contributed by atoms with van der Waals surface area (Å²) in [6.45, 7) is 0. The normalized spacial score (nSPS) is 34.5. The molecule has 13 heavy (non-hydrogen) atoms. The molecule has 1 nitrogen and oxygen atoms in total. The van der Waals surface area contributed by atoms with Gasteiger partial charge in [0.05, 0.1) is 12.2 Å². The van der Waals surface area contributed by atoms with Gasteiger partial charge in [-0.3, -0.25) is 0 Å². The van der Waals surface area contributed by atoms with E-state index in [9.17, 15) is 0 Å². The van der Waals surface area contributed by atoms with Gasteiger partial charge in [-0.1, -0.05) is 24.3 Å². The summed E-state index contributed by atoms with van der Waals surface area (Å²) < 4.78 is 5.56. The highest BCUT2D eigenvalue weighted by Crippen LogP contribution is 2.30. The van der Waals surface area contributed by atoms with E-state index >= 15 is 0 Å². The van der Waals surface area contributed by atoms with Crippen molar-refractivity contribution in [2.75, 3.05) is 0 Å². The molecule has 0 aromatic carbocycles. The van der Waals surface area contributed by atoms with Gasteiger partial charge in [0.15, 0.2) is 0 Å². The van der Waals surface area contributed by atoms with Crippen molar-refractivity contribution in [1.29, 1.82) is 0 Å². The minimum atomic E-state index is 0.581. The second kappa shape index (κ2) is 4.61. The fraction of sp³-hybridized carbons (Fsp3) is 0.667. The first kappa shape index (κ1) is 9.01. The van der Waals surface area contributed by atoms with Gasteiger partial charge >= 0.3 is 0 Å². The molecule has 72 valence electrons. The largest absolute Gasteiger partial charge is 0.370 e. The van der Waals surface area contributed by atoms with E-state index in [1.165, 1.54) is 38.5 Å². The Morgan fingerprint density at radius 2 is 1.15 bits per heavy atom. The molecule has 1 fully saturated rings. The van der Waals surface area contributed by atoms with Gasteiger partial charge < -0.3 is 4.74 Å². The number of hydrogen-bond donors (Lipinski definition) is 0. The minimum absolute atomic E-state index is 0.581. The molecule has 1 heteroatoms. The summed E-state index contributed by atoms with van der Waals surface area (Å²) in [7, 11) is 0. The number of fused-ring (bicyclic) bond motifs is 1. The Bertz CT molecular complexity index is 183. The van der Waals surface area contributed by atoms with E-state index in [0.29, 0.717) is 12.2 Å². The lowest BCUT2D eigenvalue weighted by Gasteiger charge is -1.94. The molecule has 0 saturated carbocycles. The van der Waals surface area contributed by atoms with Crippen LogP contribution in [0.5, 0.6) is 0 Å². The Morgan fingerprint density at radius 1 is 0.692 bits per heavy atom. The Labute approximate surface area is 80.5 Å². The van der Waals surface area contributed by atoms with Crippen LogP contribution < -0.4 is 0 Å². The molecule has 1 aliphatic heterocycles. The molecule has 1 saturated heterocycles. The Balaban J connectivity index is 1.80. The fourth-order valence-corrected chi connectivity index (χ4v) is 1.87. The van der Waals surface area contributed by atoms with Crippen LogP contribution in [-0.4, -0.2) is 12.2 Å². The molecule has 1 heterocycles. The van der Waals surface area contributed by atoms with Crippen molar-refractivity contribution in [3.8, 4) is 0 Å². The van der Waals surface area contributed by atoms with Gasteiger partial charge in [0.25, 0.3) is 0 Å². The molecule has 0 spiro atoms. The molecule has 0 unspecified atom stereocenters. The quantitative estimate of drug-likeness (QED) is 0.410. The maximum Gasteiger partial charge on any atom is 0.0845 e. The Hall–Kier alpha value is -0.560. The number of epoxide rings is 1. The molecule has 0 N–H and O–H groups in total. The van der Waals surface area contributed by atoms with E-state index in [1.54, 1.807) is 0 Å². The van der Waals surface area contributed by atoms with Gasteiger partial charge in [0, 0.05) is 0 Å². The van der Waals surface area contributed by atoms with Crippen LogP contribution in [0.4, 0.5) is 0 Å². The van der Waals surface area contributed by atoms with E-state index < -0.39 is 0 Å². The first-order valence-corrected chi connectivity index (χ1v) is 5.42. The van der Waals surface area contributed by atoms with Crippen LogP contribution in [0.3, 0.4) is 0 Å². The van der Waals surface area contributed by atoms with Crippen LogP contribution in [0, 0.1) is 0 Å². The molecule has 0 aromatic heterocycles. The van der Waals surface area contributed by atoms with E-state index in [4.69, 9.17) is 4.74 Å². The second-order valence-electron chi connectivity index (χ2n) is 3.89. The summed E-state index contributed by atoms with van der Waals surface area (Å²) in [4.78, 5) is 0. The zero-order valence-electron chi connectivity index (χ0n) is 8.11. The van der Waals surface area contributed by atoms with Crippen molar-refractivity contribution >= 4 is 0 Å². The third-order valence-corrected chi connectivity index (χ3v) is 2.76. The zero-order valence-corrected chi connectivity index (χ0v) is 8.11. The van der Waals surface area contributed by atoms with Crippen LogP contribution >= 0.6 is 0 Å². The molecule has 0 aromatic rings. The number of ether oxygens (including phenoxy) is 1. The lowest BCUT2D eigenvalue weighted by molar-refractivity contribution is 0.357.